The lowest BCUT2D eigenvalue weighted by Gasteiger charge is -2.17. The molecule has 21 heavy (non-hydrogen) atoms. The summed E-state index contributed by atoms with van der Waals surface area (Å²) in [6, 6.07) is 0. The van der Waals surface area contributed by atoms with E-state index in [1.807, 2.05) is 0 Å². The van der Waals surface area contributed by atoms with Crippen LogP contribution in [-0.2, 0) is 21.3 Å². The van der Waals surface area contributed by atoms with E-state index in [1.165, 1.54) is 13.3 Å². The summed E-state index contributed by atoms with van der Waals surface area (Å²) in [5.74, 6) is -1.44. The van der Waals surface area contributed by atoms with Crippen LogP contribution in [0.4, 0.5) is 13.2 Å². The second-order valence-electron chi connectivity index (χ2n) is 3.76. The van der Waals surface area contributed by atoms with Crippen LogP contribution >= 0.6 is 15.9 Å². The van der Waals surface area contributed by atoms with Crippen molar-refractivity contribution in [2.75, 3.05) is 13.7 Å². The van der Waals surface area contributed by atoms with Crippen molar-refractivity contribution in [3.8, 4) is 11.6 Å². The van der Waals surface area contributed by atoms with E-state index in [0.29, 0.717) is 0 Å². The number of halogens is 4. The fourth-order valence-electron chi connectivity index (χ4n) is 1.58. The van der Waals surface area contributed by atoms with Crippen LogP contribution in [0.15, 0.2) is 6.20 Å². The normalized spacial score (nSPS) is 11.1. The van der Waals surface area contributed by atoms with Gasteiger partial charge < -0.3 is 14.2 Å². The number of pyridine rings is 1. The van der Waals surface area contributed by atoms with Gasteiger partial charge in [-0.2, -0.15) is 0 Å². The van der Waals surface area contributed by atoms with E-state index in [4.69, 9.17) is 9.47 Å². The fourth-order valence-corrected chi connectivity index (χ4v) is 2.20. The molecule has 0 aliphatic carbocycles. The summed E-state index contributed by atoms with van der Waals surface area (Å²) < 4.78 is 50.9. The van der Waals surface area contributed by atoms with Crippen LogP contribution in [0.5, 0.6) is 11.6 Å². The standard InChI is InChI=1S/C12H13BrF3NO4/c1-3-20-9(18)4-7-6-17-11(19-2)10(8(7)5-13)21-12(14,15)16/h6H,3-5H2,1-2H3. The molecule has 0 saturated heterocycles. The quantitative estimate of drug-likeness (QED) is 0.568. The fraction of sp³-hybridized carbons (Fsp3) is 0.500. The molecule has 118 valence electrons. The average molecular weight is 372 g/mol. The Morgan fingerprint density at radius 1 is 1.43 bits per heavy atom. The number of hydrogen-bond donors (Lipinski definition) is 0. The van der Waals surface area contributed by atoms with Gasteiger partial charge in [0.1, 0.15) is 0 Å². The Labute approximate surface area is 127 Å². The number of rotatable bonds is 6. The van der Waals surface area contributed by atoms with Crippen molar-refractivity contribution in [1.82, 2.24) is 4.98 Å². The van der Waals surface area contributed by atoms with Crippen LogP contribution < -0.4 is 9.47 Å². The third kappa shape index (κ3) is 5.07. The predicted molar refractivity (Wildman–Crippen MR) is 70.4 cm³/mol. The van der Waals surface area contributed by atoms with E-state index < -0.39 is 18.1 Å². The van der Waals surface area contributed by atoms with Crippen molar-refractivity contribution in [3.05, 3.63) is 17.3 Å². The molecule has 1 rings (SSSR count). The molecule has 0 unspecified atom stereocenters. The number of esters is 1. The average Bonchev–Trinajstić information content (AvgIpc) is 2.37. The Bertz CT molecular complexity index is 508. The van der Waals surface area contributed by atoms with Gasteiger partial charge in [0, 0.05) is 17.1 Å². The number of methoxy groups -OCH3 is 1. The minimum atomic E-state index is -4.89. The van der Waals surface area contributed by atoms with Gasteiger partial charge in [-0.15, -0.1) is 13.2 Å². The first kappa shape index (κ1) is 17.5. The van der Waals surface area contributed by atoms with Crippen LogP contribution in [0.2, 0.25) is 0 Å². The number of nitrogens with zero attached hydrogens (tertiary/aromatic N) is 1. The van der Waals surface area contributed by atoms with Crippen molar-refractivity contribution in [2.45, 2.75) is 25.0 Å². The summed E-state index contributed by atoms with van der Waals surface area (Å²) >= 11 is 3.08. The van der Waals surface area contributed by atoms with E-state index in [9.17, 15) is 18.0 Å². The maximum atomic E-state index is 12.5. The minimum absolute atomic E-state index is 0.0338. The zero-order valence-electron chi connectivity index (χ0n) is 11.3. The van der Waals surface area contributed by atoms with E-state index in [1.54, 1.807) is 6.92 Å². The highest BCUT2D eigenvalue weighted by atomic mass is 79.9. The molecule has 1 aromatic heterocycles. The molecule has 0 aromatic carbocycles. The molecule has 0 N–H and O–H groups in total. The lowest BCUT2D eigenvalue weighted by Crippen LogP contribution is -2.20. The highest BCUT2D eigenvalue weighted by Crippen LogP contribution is 2.37. The molecule has 0 aliphatic heterocycles. The maximum Gasteiger partial charge on any atom is 0.573 e. The van der Waals surface area contributed by atoms with Gasteiger partial charge in [0.15, 0.2) is 5.75 Å². The van der Waals surface area contributed by atoms with Crippen LogP contribution in [-0.4, -0.2) is 31.0 Å². The summed E-state index contributed by atoms with van der Waals surface area (Å²) in [6.07, 6.45) is -3.84. The number of hydrogen-bond acceptors (Lipinski definition) is 5. The number of aromatic nitrogens is 1. The monoisotopic (exact) mass is 371 g/mol. The van der Waals surface area contributed by atoms with E-state index in [0.717, 1.165) is 0 Å². The van der Waals surface area contributed by atoms with Gasteiger partial charge in [-0.1, -0.05) is 15.9 Å². The van der Waals surface area contributed by atoms with Gasteiger partial charge >= 0.3 is 12.3 Å². The summed E-state index contributed by atoms with van der Waals surface area (Å²) in [5.41, 5.74) is 0.401. The van der Waals surface area contributed by atoms with Gasteiger partial charge in [-0.25, -0.2) is 4.98 Å². The Morgan fingerprint density at radius 2 is 2.10 bits per heavy atom. The molecule has 0 aliphatic rings. The maximum absolute atomic E-state index is 12.5. The molecule has 0 saturated carbocycles. The molecule has 0 atom stereocenters. The largest absolute Gasteiger partial charge is 0.573 e. The molecule has 0 radical (unpaired) electrons. The van der Waals surface area contributed by atoms with Crippen molar-refractivity contribution < 1.29 is 32.2 Å². The van der Waals surface area contributed by atoms with Gasteiger partial charge in [0.2, 0.25) is 0 Å². The van der Waals surface area contributed by atoms with Crippen molar-refractivity contribution in [1.29, 1.82) is 0 Å². The van der Waals surface area contributed by atoms with Gasteiger partial charge in [0.25, 0.3) is 5.88 Å². The minimum Gasteiger partial charge on any atom is -0.478 e. The van der Waals surface area contributed by atoms with Gasteiger partial charge in [-0.05, 0) is 12.5 Å². The third-order valence-electron chi connectivity index (χ3n) is 2.38. The molecule has 0 fully saturated rings. The second-order valence-corrected chi connectivity index (χ2v) is 4.32. The first-order chi connectivity index (χ1) is 9.82. The highest BCUT2D eigenvalue weighted by Gasteiger charge is 2.35. The molecular weight excluding hydrogens is 359 g/mol. The third-order valence-corrected chi connectivity index (χ3v) is 2.94. The number of carbonyl (C=O) groups excluding carboxylic acids is 1. The van der Waals surface area contributed by atoms with Crippen molar-refractivity contribution in [2.24, 2.45) is 0 Å². The lowest BCUT2D eigenvalue weighted by molar-refractivity contribution is -0.275. The second kappa shape index (κ2) is 7.48. The molecular formula is C12H13BrF3NO4. The molecule has 0 spiro atoms. The van der Waals surface area contributed by atoms with Crippen LogP contribution in [0, 0.1) is 0 Å². The number of alkyl halides is 4. The summed E-state index contributed by atoms with van der Waals surface area (Å²) in [7, 11) is 1.18. The smallest absolute Gasteiger partial charge is 0.478 e. The number of carbonyl (C=O) groups is 1. The van der Waals surface area contributed by atoms with Crippen molar-refractivity contribution in [3.63, 3.8) is 0 Å². The molecule has 5 nitrogen and oxygen atoms in total. The molecule has 1 aromatic rings. The first-order valence-corrected chi connectivity index (χ1v) is 6.96. The Balaban J connectivity index is 3.22. The van der Waals surface area contributed by atoms with E-state index >= 15 is 0 Å². The van der Waals surface area contributed by atoms with Crippen LogP contribution in [0.3, 0.4) is 0 Å². The highest BCUT2D eigenvalue weighted by molar-refractivity contribution is 9.08. The van der Waals surface area contributed by atoms with Gasteiger partial charge in [-0.3, -0.25) is 4.79 Å². The van der Waals surface area contributed by atoms with Crippen LogP contribution in [0.25, 0.3) is 0 Å². The Kier molecular flexibility index (Phi) is 6.25. The Hall–Kier alpha value is -1.51. The van der Waals surface area contributed by atoms with Gasteiger partial charge in [0.05, 0.1) is 20.1 Å². The summed E-state index contributed by atoms with van der Waals surface area (Å²) in [4.78, 5) is 15.2. The topological polar surface area (TPSA) is 57.7 Å². The van der Waals surface area contributed by atoms with Crippen LogP contribution in [0.1, 0.15) is 18.1 Å². The predicted octanol–water partition coefficient (Wildman–Crippen LogP) is 2.99. The molecule has 9 heteroatoms. The summed E-state index contributed by atoms with van der Waals surface area (Å²) in [6.45, 7) is 1.81. The first-order valence-electron chi connectivity index (χ1n) is 5.84. The zero-order valence-corrected chi connectivity index (χ0v) is 12.9. The SMILES string of the molecule is CCOC(=O)Cc1cnc(OC)c(OC(F)(F)F)c1CBr. The molecule has 0 amide bonds. The lowest BCUT2D eigenvalue weighted by atomic mass is 10.1. The molecule has 1 heterocycles. The van der Waals surface area contributed by atoms with E-state index in [-0.39, 0.29) is 35.4 Å². The number of ether oxygens (including phenoxy) is 3. The molecule has 0 bridgehead atoms. The van der Waals surface area contributed by atoms with E-state index in [2.05, 4.69) is 25.7 Å². The summed E-state index contributed by atoms with van der Waals surface area (Å²) in [5, 5.41) is 0.0338. The Morgan fingerprint density at radius 3 is 2.57 bits per heavy atom. The van der Waals surface area contributed by atoms with Crippen molar-refractivity contribution >= 4 is 21.9 Å². The zero-order chi connectivity index (χ0) is 16.0.